The third-order valence-electron chi connectivity index (χ3n) is 8.99. The molecule has 2 saturated heterocycles. The van der Waals surface area contributed by atoms with Gasteiger partial charge in [0, 0.05) is 38.5 Å². The Kier molecular flexibility index (Phi) is 8.67. The molecule has 2 aromatic carbocycles. The number of fused-ring (bicyclic) bond motifs is 1. The van der Waals surface area contributed by atoms with Gasteiger partial charge in [-0.25, -0.2) is 9.78 Å². The van der Waals surface area contributed by atoms with Crippen LogP contribution in [-0.4, -0.2) is 68.3 Å². The number of nitrogen functional groups attached to an aromatic ring is 1. The van der Waals surface area contributed by atoms with Crippen LogP contribution < -0.4 is 16.2 Å². The number of carbonyl (C=O) groups is 1. The van der Waals surface area contributed by atoms with E-state index in [-0.39, 0.29) is 41.8 Å². The molecule has 6 rings (SSSR count). The summed E-state index contributed by atoms with van der Waals surface area (Å²) in [6.07, 6.45) is 6.56. The van der Waals surface area contributed by atoms with Crippen molar-refractivity contribution in [1.29, 1.82) is 5.26 Å². The molecule has 2 fully saturated rings. The van der Waals surface area contributed by atoms with Gasteiger partial charge in [-0.15, -0.1) is 0 Å². The molecule has 2 N–H and O–H groups in total. The smallest absolute Gasteiger partial charge is 0.334 e. The molecule has 0 aliphatic carbocycles. The molecule has 11 heteroatoms. The number of nitrogens with two attached hydrogens (primary N) is 1. The molecule has 0 bridgehead atoms. The zero-order valence-corrected chi connectivity index (χ0v) is 26.4. The van der Waals surface area contributed by atoms with E-state index in [1.165, 1.54) is 0 Å². The van der Waals surface area contributed by atoms with E-state index in [0.29, 0.717) is 47.6 Å². The van der Waals surface area contributed by atoms with Crippen LogP contribution in [0.2, 0.25) is 0 Å². The van der Waals surface area contributed by atoms with Crippen LogP contribution in [0.1, 0.15) is 45.6 Å². The highest BCUT2D eigenvalue weighted by Gasteiger charge is 2.37. The third-order valence-corrected chi connectivity index (χ3v) is 8.99. The minimum Gasteiger partial charge on any atom is -0.457 e. The number of anilines is 1. The number of imidazole rings is 1. The fourth-order valence-corrected chi connectivity index (χ4v) is 6.81. The Morgan fingerprint density at radius 2 is 1.76 bits per heavy atom. The number of pyridine rings is 1. The summed E-state index contributed by atoms with van der Waals surface area (Å²) in [6.45, 7) is 5.61. The Morgan fingerprint density at radius 3 is 2.48 bits per heavy atom. The van der Waals surface area contributed by atoms with Crippen molar-refractivity contribution in [3.05, 3.63) is 89.0 Å². The second-order valence-corrected chi connectivity index (χ2v) is 12.4. The van der Waals surface area contributed by atoms with Crippen LogP contribution in [0.15, 0.2) is 83.3 Å². The van der Waals surface area contributed by atoms with E-state index in [0.717, 1.165) is 19.4 Å². The predicted molar refractivity (Wildman–Crippen MR) is 176 cm³/mol. The third kappa shape index (κ3) is 5.89. The Labute approximate surface area is 268 Å². The monoisotopic (exact) mass is 621 g/mol. The van der Waals surface area contributed by atoms with Gasteiger partial charge in [0.1, 0.15) is 40.7 Å². The number of methoxy groups -OCH3 is 1. The minimum absolute atomic E-state index is 0.0561. The van der Waals surface area contributed by atoms with Gasteiger partial charge in [0.15, 0.2) is 0 Å². The van der Waals surface area contributed by atoms with Crippen molar-refractivity contribution >= 4 is 22.8 Å². The average Bonchev–Trinajstić information content (AvgIpc) is 3.68. The van der Waals surface area contributed by atoms with Crippen LogP contribution in [0.3, 0.4) is 0 Å². The molecule has 0 spiro atoms. The number of piperidine rings is 1. The number of hydrogen-bond acceptors (Lipinski definition) is 8. The number of likely N-dealkylation sites (tertiary alicyclic amines) is 2. The van der Waals surface area contributed by atoms with Crippen molar-refractivity contribution in [3.63, 3.8) is 0 Å². The normalized spacial score (nSPS) is 19.3. The van der Waals surface area contributed by atoms with Crippen molar-refractivity contribution < 1.29 is 14.3 Å². The molecule has 11 nitrogen and oxygen atoms in total. The van der Waals surface area contributed by atoms with Crippen molar-refractivity contribution in [2.24, 2.45) is 0 Å². The maximum atomic E-state index is 14.2. The van der Waals surface area contributed by atoms with E-state index in [4.69, 9.17) is 15.2 Å². The van der Waals surface area contributed by atoms with Crippen molar-refractivity contribution in [3.8, 4) is 23.3 Å². The SMILES string of the molecule is CO[C@@H]1CCCN1C(C)(C)C=C(C#N)C(=O)N1CCC[C@@H](n2c(=O)n(-c3ccc(Oc4ccccc4)cc3)c3c(N)nccc32)C1. The number of ether oxygens (including phenoxy) is 2. The number of amides is 1. The molecule has 0 saturated carbocycles. The molecule has 46 heavy (non-hydrogen) atoms. The Balaban J connectivity index is 1.30. The number of para-hydroxylation sites is 1. The first-order valence-corrected chi connectivity index (χ1v) is 15.6. The summed E-state index contributed by atoms with van der Waals surface area (Å²) in [7, 11) is 1.69. The van der Waals surface area contributed by atoms with Gasteiger partial charge < -0.3 is 20.1 Å². The lowest BCUT2D eigenvalue weighted by atomic mass is 9.97. The van der Waals surface area contributed by atoms with E-state index in [2.05, 4.69) is 16.0 Å². The number of carbonyl (C=O) groups excluding carboxylic acids is 1. The molecular weight excluding hydrogens is 582 g/mol. The number of benzene rings is 2. The van der Waals surface area contributed by atoms with Gasteiger partial charge in [-0.1, -0.05) is 18.2 Å². The summed E-state index contributed by atoms with van der Waals surface area (Å²) >= 11 is 0. The zero-order valence-electron chi connectivity index (χ0n) is 26.4. The molecule has 0 unspecified atom stereocenters. The highest BCUT2D eigenvalue weighted by molar-refractivity contribution is 5.97. The Bertz CT molecular complexity index is 1850. The number of hydrogen-bond donors (Lipinski definition) is 1. The van der Waals surface area contributed by atoms with Gasteiger partial charge in [-0.05, 0) is 88.1 Å². The van der Waals surface area contributed by atoms with E-state index in [9.17, 15) is 14.9 Å². The molecule has 2 aromatic heterocycles. The highest BCUT2D eigenvalue weighted by Crippen LogP contribution is 2.32. The van der Waals surface area contributed by atoms with Gasteiger partial charge in [0.25, 0.3) is 5.91 Å². The number of aromatic nitrogens is 3. The summed E-state index contributed by atoms with van der Waals surface area (Å²) in [5, 5.41) is 10.1. The first-order chi connectivity index (χ1) is 22.2. The van der Waals surface area contributed by atoms with Crippen molar-refractivity contribution in [1.82, 2.24) is 23.9 Å². The molecular formula is C35H39N7O4. The summed E-state index contributed by atoms with van der Waals surface area (Å²) in [6, 6.07) is 20.3. The summed E-state index contributed by atoms with van der Waals surface area (Å²) in [4.78, 5) is 36.1. The van der Waals surface area contributed by atoms with Crippen LogP contribution in [0.25, 0.3) is 16.7 Å². The lowest BCUT2D eigenvalue weighted by molar-refractivity contribution is -0.128. The number of nitrogens with zero attached hydrogens (tertiary/aromatic N) is 6. The van der Waals surface area contributed by atoms with E-state index < -0.39 is 5.54 Å². The van der Waals surface area contributed by atoms with Gasteiger partial charge in [0.05, 0.1) is 17.2 Å². The highest BCUT2D eigenvalue weighted by atomic mass is 16.5. The fourth-order valence-electron chi connectivity index (χ4n) is 6.81. The molecule has 1 amide bonds. The van der Waals surface area contributed by atoms with E-state index >= 15 is 0 Å². The van der Waals surface area contributed by atoms with E-state index in [1.54, 1.807) is 51.6 Å². The van der Waals surface area contributed by atoms with Gasteiger partial charge in [-0.2, -0.15) is 5.26 Å². The lowest BCUT2D eigenvalue weighted by Gasteiger charge is -2.37. The largest absolute Gasteiger partial charge is 0.457 e. The average molecular weight is 622 g/mol. The van der Waals surface area contributed by atoms with Crippen molar-refractivity contribution in [2.45, 2.75) is 57.3 Å². The van der Waals surface area contributed by atoms with Gasteiger partial charge >= 0.3 is 5.69 Å². The van der Waals surface area contributed by atoms with Crippen LogP contribution in [0.5, 0.6) is 11.5 Å². The molecule has 4 heterocycles. The minimum atomic E-state index is -0.552. The predicted octanol–water partition coefficient (Wildman–Crippen LogP) is 5.02. The second kappa shape index (κ2) is 12.8. The first-order valence-electron chi connectivity index (χ1n) is 15.6. The van der Waals surface area contributed by atoms with E-state index in [1.807, 2.05) is 56.3 Å². The quantitative estimate of drug-likeness (QED) is 0.214. The lowest BCUT2D eigenvalue weighted by Crippen LogP contribution is -2.47. The standard InChI is InChI=1S/C35H39N7O4/c1-35(2,40-20-8-12-30(40)45-3)21-24(22-36)33(43)39-19-7-9-26(23-39)41-29-17-18-38-32(37)31(29)42(34(41)44)25-13-15-28(16-14-25)46-27-10-5-4-6-11-27/h4-6,10-11,13-18,21,26,30H,7-9,12,19-20,23H2,1-3H3,(H2,37,38)/t26-,30-/m1/s1. The van der Waals surface area contributed by atoms with Crippen LogP contribution >= 0.6 is 0 Å². The summed E-state index contributed by atoms with van der Waals surface area (Å²) < 4.78 is 14.9. The maximum absolute atomic E-state index is 14.2. The maximum Gasteiger partial charge on any atom is 0.334 e. The molecule has 2 aliphatic heterocycles. The summed E-state index contributed by atoms with van der Waals surface area (Å²) in [5.74, 6) is 1.24. The number of rotatable bonds is 8. The Morgan fingerprint density at radius 1 is 1.04 bits per heavy atom. The fraction of sp³-hybridized carbons (Fsp3) is 0.371. The van der Waals surface area contributed by atoms with Crippen LogP contribution in [-0.2, 0) is 9.53 Å². The summed E-state index contributed by atoms with van der Waals surface area (Å²) in [5.41, 5.74) is 7.39. The van der Waals surface area contributed by atoms with Gasteiger partial charge in [-0.3, -0.25) is 18.8 Å². The number of nitriles is 1. The van der Waals surface area contributed by atoms with Crippen molar-refractivity contribution in [2.75, 3.05) is 32.5 Å². The zero-order chi connectivity index (χ0) is 32.4. The molecule has 2 atom stereocenters. The van der Waals surface area contributed by atoms with Crippen LogP contribution in [0, 0.1) is 11.3 Å². The molecule has 4 aromatic rings. The molecule has 0 radical (unpaired) electrons. The molecule has 238 valence electrons. The Hall–Kier alpha value is -4.92. The van der Waals surface area contributed by atoms with Gasteiger partial charge in [0.2, 0.25) is 0 Å². The second-order valence-electron chi connectivity index (χ2n) is 12.4. The first kappa shape index (κ1) is 31.1. The topological polar surface area (TPSA) is 132 Å². The molecule has 2 aliphatic rings. The van der Waals surface area contributed by atoms with Crippen LogP contribution in [0.4, 0.5) is 5.82 Å².